The van der Waals surface area contributed by atoms with Gasteiger partial charge in [0.1, 0.15) is 23.8 Å². The third kappa shape index (κ3) is 4.68. The molecular weight excluding hydrogens is 440 g/mol. The fourth-order valence-corrected chi connectivity index (χ4v) is 5.35. The number of hydrogen-bond acceptors (Lipinski definition) is 7. The van der Waals surface area contributed by atoms with Crippen LogP contribution in [0.25, 0.3) is 0 Å². The quantitative estimate of drug-likeness (QED) is 0.695. The number of carbonyl (C=O) groups excluding carboxylic acids is 1. The Morgan fingerprint density at radius 1 is 1.21 bits per heavy atom. The molecule has 1 aromatic carbocycles. The molecule has 1 atom stereocenters. The SMILES string of the molecule is CCCCC(N=C1NS(=O)(=O)c2ccccc21)C(=O)N1CCN(c2ncccc2C#N)CC1. The van der Waals surface area contributed by atoms with E-state index in [1.807, 2.05) is 11.8 Å². The van der Waals surface area contributed by atoms with Crippen molar-refractivity contribution in [3.63, 3.8) is 0 Å². The van der Waals surface area contributed by atoms with Gasteiger partial charge in [0.15, 0.2) is 0 Å². The second-order valence-corrected chi connectivity index (χ2v) is 9.69. The second-order valence-electron chi connectivity index (χ2n) is 8.04. The van der Waals surface area contributed by atoms with Crippen molar-refractivity contribution in [2.24, 2.45) is 4.99 Å². The fourth-order valence-electron chi connectivity index (χ4n) is 4.11. The lowest BCUT2D eigenvalue weighted by molar-refractivity contribution is -0.133. The van der Waals surface area contributed by atoms with Crippen LogP contribution in [0.2, 0.25) is 0 Å². The summed E-state index contributed by atoms with van der Waals surface area (Å²) in [5.41, 5.74) is 1.01. The molecule has 0 bridgehead atoms. The zero-order valence-electron chi connectivity index (χ0n) is 18.4. The molecule has 4 rings (SSSR count). The minimum absolute atomic E-state index is 0.110. The number of piperazine rings is 1. The number of hydrogen-bond donors (Lipinski definition) is 1. The van der Waals surface area contributed by atoms with Crippen LogP contribution in [-0.4, -0.2) is 62.3 Å². The van der Waals surface area contributed by atoms with Crippen molar-refractivity contribution in [1.82, 2.24) is 14.6 Å². The van der Waals surface area contributed by atoms with Gasteiger partial charge in [-0.15, -0.1) is 0 Å². The molecule has 9 nitrogen and oxygen atoms in total. The second kappa shape index (κ2) is 9.58. The normalized spacial score (nSPS) is 19.0. The lowest BCUT2D eigenvalue weighted by atomic mass is 10.1. The van der Waals surface area contributed by atoms with Crippen LogP contribution in [0.4, 0.5) is 5.82 Å². The van der Waals surface area contributed by atoms with E-state index in [4.69, 9.17) is 0 Å². The maximum absolute atomic E-state index is 13.4. The minimum atomic E-state index is -3.66. The zero-order chi connectivity index (χ0) is 23.4. The lowest BCUT2D eigenvalue weighted by Crippen LogP contribution is -2.51. The van der Waals surface area contributed by atoms with Crippen LogP contribution in [0.15, 0.2) is 52.5 Å². The van der Waals surface area contributed by atoms with Crippen molar-refractivity contribution in [1.29, 1.82) is 5.26 Å². The van der Waals surface area contributed by atoms with Gasteiger partial charge in [0.05, 0.1) is 10.5 Å². The highest BCUT2D eigenvalue weighted by Gasteiger charge is 2.33. The van der Waals surface area contributed by atoms with E-state index in [-0.39, 0.29) is 16.6 Å². The molecule has 0 spiro atoms. The van der Waals surface area contributed by atoms with Crippen molar-refractivity contribution < 1.29 is 13.2 Å². The summed E-state index contributed by atoms with van der Waals surface area (Å²) in [5.74, 6) is 0.749. The molecule has 2 aliphatic rings. The first-order valence-corrected chi connectivity index (χ1v) is 12.5. The molecule has 172 valence electrons. The van der Waals surface area contributed by atoms with Gasteiger partial charge in [-0.3, -0.25) is 14.5 Å². The van der Waals surface area contributed by atoms with Gasteiger partial charge >= 0.3 is 0 Å². The first kappa shape index (κ1) is 22.7. The van der Waals surface area contributed by atoms with Crippen molar-refractivity contribution in [3.05, 3.63) is 53.7 Å². The van der Waals surface area contributed by atoms with Crippen LogP contribution >= 0.6 is 0 Å². The summed E-state index contributed by atoms with van der Waals surface area (Å²) in [4.78, 5) is 26.3. The number of aromatic nitrogens is 1. The molecule has 2 aliphatic heterocycles. The molecule has 1 saturated heterocycles. The minimum Gasteiger partial charge on any atom is -0.352 e. The molecule has 1 unspecified atom stereocenters. The third-order valence-corrected chi connectivity index (χ3v) is 7.26. The number of anilines is 1. The van der Waals surface area contributed by atoms with Crippen LogP contribution in [0, 0.1) is 11.3 Å². The molecule has 2 aromatic rings. The molecule has 1 fully saturated rings. The number of benzene rings is 1. The maximum atomic E-state index is 13.4. The highest BCUT2D eigenvalue weighted by Crippen LogP contribution is 2.24. The summed E-state index contributed by atoms with van der Waals surface area (Å²) < 4.78 is 27.4. The number of nitrogens with one attached hydrogen (secondary N) is 1. The number of aliphatic imine (C=N–C) groups is 1. The number of nitrogens with zero attached hydrogens (tertiary/aromatic N) is 5. The van der Waals surface area contributed by atoms with Crippen molar-refractivity contribution in [2.75, 3.05) is 31.1 Å². The average Bonchev–Trinajstić information content (AvgIpc) is 3.11. The van der Waals surface area contributed by atoms with Gasteiger partial charge in [-0.1, -0.05) is 31.9 Å². The average molecular weight is 467 g/mol. The number of rotatable bonds is 6. The number of amides is 1. The predicted molar refractivity (Wildman–Crippen MR) is 124 cm³/mol. The number of sulfonamides is 1. The van der Waals surface area contributed by atoms with E-state index in [0.29, 0.717) is 49.5 Å². The number of pyridine rings is 1. The Balaban J connectivity index is 1.52. The monoisotopic (exact) mass is 466 g/mol. The molecule has 10 heteroatoms. The summed E-state index contributed by atoms with van der Waals surface area (Å²) >= 11 is 0. The number of nitriles is 1. The summed E-state index contributed by atoms with van der Waals surface area (Å²) in [6.07, 6.45) is 3.91. The predicted octanol–water partition coefficient (Wildman–Crippen LogP) is 1.90. The topological polar surface area (TPSA) is 119 Å². The van der Waals surface area contributed by atoms with Gasteiger partial charge in [0.25, 0.3) is 10.0 Å². The standard InChI is InChI=1S/C23H26N6O3S/c1-2-3-9-19(26-21-18-8-4-5-10-20(18)33(31,32)27-21)23(30)29-14-12-28(13-15-29)22-17(16-24)7-6-11-25-22/h4-8,10-11,19H,2-3,9,12-15H2,1H3,(H,26,27). The van der Waals surface area contributed by atoms with Gasteiger partial charge in [0, 0.05) is 37.9 Å². The van der Waals surface area contributed by atoms with Crippen molar-refractivity contribution in [3.8, 4) is 6.07 Å². The van der Waals surface area contributed by atoms with Gasteiger partial charge in [-0.25, -0.2) is 13.4 Å². The molecule has 1 aromatic heterocycles. The number of unbranched alkanes of at least 4 members (excludes halogenated alkanes) is 1. The Hall–Kier alpha value is -3.45. The van der Waals surface area contributed by atoms with E-state index in [1.165, 1.54) is 6.07 Å². The molecule has 0 aliphatic carbocycles. The van der Waals surface area contributed by atoms with Crippen molar-refractivity contribution in [2.45, 2.75) is 37.1 Å². The van der Waals surface area contributed by atoms with Gasteiger partial charge in [-0.05, 0) is 30.7 Å². The number of carbonyl (C=O) groups is 1. The van der Waals surface area contributed by atoms with Crippen LogP contribution < -0.4 is 9.62 Å². The van der Waals surface area contributed by atoms with Crippen LogP contribution in [0.1, 0.15) is 37.3 Å². The molecule has 0 saturated carbocycles. The first-order valence-electron chi connectivity index (χ1n) is 11.0. The van der Waals surface area contributed by atoms with Gasteiger partial charge in [0.2, 0.25) is 5.91 Å². The molecule has 0 radical (unpaired) electrons. The number of amidine groups is 1. The van der Waals surface area contributed by atoms with Gasteiger partial charge in [-0.2, -0.15) is 5.26 Å². The maximum Gasteiger partial charge on any atom is 0.263 e. The third-order valence-electron chi connectivity index (χ3n) is 5.86. The molecule has 33 heavy (non-hydrogen) atoms. The zero-order valence-corrected chi connectivity index (χ0v) is 19.3. The summed E-state index contributed by atoms with van der Waals surface area (Å²) in [7, 11) is -3.66. The summed E-state index contributed by atoms with van der Waals surface area (Å²) in [6.45, 7) is 4.13. The Labute approximate surface area is 193 Å². The molecule has 1 amide bonds. The highest BCUT2D eigenvalue weighted by atomic mass is 32.2. The van der Waals surface area contributed by atoms with Crippen LogP contribution in [0.3, 0.4) is 0 Å². The van der Waals surface area contributed by atoms with E-state index in [1.54, 1.807) is 41.4 Å². The van der Waals surface area contributed by atoms with Crippen LogP contribution in [-0.2, 0) is 14.8 Å². The largest absolute Gasteiger partial charge is 0.352 e. The Bertz CT molecular complexity index is 1210. The number of fused-ring (bicyclic) bond motifs is 1. The van der Waals surface area contributed by atoms with E-state index in [2.05, 4.69) is 20.8 Å². The van der Waals surface area contributed by atoms with Gasteiger partial charge < -0.3 is 9.80 Å². The van der Waals surface area contributed by atoms with Crippen molar-refractivity contribution >= 4 is 27.6 Å². The lowest BCUT2D eigenvalue weighted by Gasteiger charge is -2.36. The Kier molecular flexibility index (Phi) is 6.60. The summed E-state index contributed by atoms with van der Waals surface area (Å²) in [6, 6.07) is 11.6. The molecular formula is C23H26N6O3S. The summed E-state index contributed by atoms with van der Waals surface area (Å²) in [5, 5.41) is 9.34. The molecule has 3 heterocycles. The Morgan fingerprint density at radius 2 is 1.97 bits per heavy atom. The van der Waals surface area contributed by atoms with E-state index < -0.39 is 16.1 Å². The van der Waals surface area contributed by atoms with Crippen LogP contribution in [0.5, 0.6) is 0 Å². The van der Waals surface area contributed by atoms with E-state index in [9.17, 15) is 18.5 Å². The fraction of sp³-hybridized carbons (Fsp3) is 0.391. The first-order chi connectivity index (χ1) is 15.9. The van der Waals surface area contributed by atoms with E-state index >= 15 is 0 Å². The highest BCUT2D eigenvalue weighted by molar-refractivity contribution is 7.90. The Morgan fingerprint density at radius 3 is 2.70 bits per heavy atom. The molecule has 1 N–H and O–H groups in total. The smallest absolute Gasteiger partial charge is 0.263 e. The van der Waals surface area contributed by atoms with E-state index in [0.717, 1.165) is 12.8 Å².